The van der Waals surface area contributed by atoms with E-state index in [9.17, 15) is 14.7 Å². The number of benzene rings is 2. The smallest absolute Gasteiger partial charge is 0.339 e. The molecule has 146 valence electrons. The Morgan fingerprint density at radius 3 is 2.61 bits per heavy atom. The van der Waals surface area contributed by atoms with Crippen LogP contribution in [-0.4, -0.2) is 17.7 Å². The van der Waals surface area contributed by atoms with Crippen LogP contribution in [0.4, 0.5) is 0 Å². The molecule has 1 unspecified atom stereocenters. The van der Waals surface area contributed by atoms with Crippen LogP contribution in [0.5, 0.6) is 5.75 Å². The number of ether oxygens (including phenoxy) is 1. The van der Waals surface area contributed by atoms with Crippen LogP contribution in [-0.2, 0) is 22.4 Å². The van der Waals surface area contributed by atoms with Gasteiger partial charge in [0.15, 0.2) is 0 Å². The van der Waals surface area contributed by atoms with Gasteiger partial charge in [-0.25, -0.2) is 4.79 Å². The fourth-order valence-corrected chi connectivity index (χ4v) is 3.26. The second kappa shape index (κ2) is 8.74. The van der Waals surface area contributed by atoms with Crippen molar-refractivity contribution in [2.45, 2.75) is 33.1 Å². The molecule has 1 N–H and O–H groups in total. The minimum Gasteiger partial charge on any atom is -0.508 e. The summed E-state index contributed by atoms with van der Waals surface area (Å²) in [5.74, 6) is -0.557. The van der Waals surface area contributed by atoms with Crippen molar-refractivity contribution in [3.05, 3.63) is 75.6 Å². The summed E-state index contributed by atoms with van der Waals surface area (Å²) in [6.07, 6.45) is 1.44. The van der Waals surface area contributed by atoms with Gasteiger partial charge in [-0.3, -0.25) is 4.79 Å². The van der Waals surface area contributed by atoms with Gasteiger partial charge in [-0.05, 0) is 69.0 Å². The molecule has 1 heterocycles. The zero-order valence-electron chi connectivity index (χ0n) is 16.1. The minimum absolute atomic E-state index is 0.203. The van der Waals surface area contributed by atoms with Gasteiger partial charge < -0.3 is 14.3 Å². The molecule has 0 bridgehead atoms. The monoisotopic (exact) mass is 380 g/mol. The Bertz CT molecular complexity index is 1020. The molecule has 0 aliphatic rings. The molecule has 1 aromatic heterocycles. The van der Waals surface area contributed by atoms with Gasteiger partial charge in [0.05, 0.1) is 12.5 Å². The predicted molar refractivity (Wildman–Crippen MR) is 107 cm³/mol. The number of rotatable bonds is 7. The second-order valence-electron chi connectivity index (χ2n) is 6.96. The summed E-state index contributed by atoms with van der Waals surface area (Å²) >= 11 is 0. The number of hydrogen-bond donors (Lipinski definition) is 1. The van der Waals surface area contributed by atoms with E-state index in [2.05, 4.69) is 0 Å². The Kier molecular flexibility index (Phi) is 6.14. The number of aryl methyl sites for hydroxylation is 2. The zero-order valence-corrected chi connectivity index (χ0v) is 16.1. The summed E-state index contributed by atoms with van der Waals surface area (Å²) in [5, 5.41) is 10.2. The van der Waals surface area contributed by atoms with Crippen LogP contribution in [0.2, 0.25) is 0 Å². The molecule has 3 aromatic rings. The highest BCUT2D eigenvalue weighted by atomic mass is 16.5. The average molecular weight is 380 g/mol. The van der Waals surface area contributed by atoms with Crippen LogP contribution in [0.1, 0.15) is 30.0 Å². The Balaban J connectivity index is 1.83. The quantitative estimate of drug-likeness (QED) is 0.492. The van der Waals surface area contributed by atoms with Gasteiger partial charge in [0, 0.05) is 10.9 Å². The van der Waals surface area contributed by atoms with Gasteiger partial charge in [0.25, 0.3) is 0 Å². The van der Waals surface area contributed by atoms with Gasteiger partial charge >= 0.3 is 11.6 Å². The lowest BCUT2D eigenvalue weighted by Gasteiger charge is -2.15. The third-order valence-electron chi connectivity index (χ3n) is 4.76. The molecule has 0 saturated heterocycles. The molecular formula is C23H24O5. The number of fused-ring (bicyclic) bond motifs is 1. The average Bonchev–Trinajstić information content (AvgIpc) is 2.67. The van der Waals surface area contributed by atoms with E-state index in [0.717, 1.165) is 16.5 Å². The minimum atomic E-state index is -0.445. The van der Waals surface area contributed by atoms with Crippen molar-refractivity contribution in [3.8, 4) is 5.75 Å². The number of carbonyl (C=O) groups excluding carboxylic acids is 1. The molecule has 5 heteroatoms. The first-order valence-corrected chi connectivity index (χ1v) is 9.44. The maximum absolute atomic E-state index is 12.5. The van der Waals surface area contributed by atoms with Crippen molar-refractivity contribution in [1.29, 1.82) is 0 Å². The lowest BCUT2D eigenvalue weighted by atomic mass is 9.93. The number of hydrogen-bond acceptors (Lipinski definition) is 5. The molecule has 0 amide bonds. The van der Waals surface area contributed by atoms with Crippen LogP contribution >= 0.6 is 0 Å². The van der Waals surface area contributed by atoms with Crippen LogP contribution in [0.25, 0.3) is 11.0 Å². The van der Waals surface area contributed by atoms with E-state index < -0.39 is 11.5 Å². The van der Waals surface area contributed by atoms with Gasteiger partial charge in [-0.15, -0.1) is 0 Å². The molecule has 0 radical (unpaired) electrons. The van der Waals surface area contributed by atoms with Gasteiger partial charge in [-0.1, -0.05) is 23.8 Å². The maximum Gasteiger partial charge on any atom is 0.339 e. The standard InChI is InChI=1S/C23H24O5/c1-3-27-22(25)17(8-5-16-6-9-20(24)10-7-16)13-19-14-18-12-15(2)4-11-21(18)28-23(19)26/h4,6-7,9-12,14,17,24H,3,5,8,13H2,1-2H3. The Morgan fingerprint density at radius 2 is 1.89 bits per heavy atom. The summed E-state index contributed by atoms with van der Waals surface area (Å²) in [4.78, 5) is 24.9. The molecule has 0 spiro atoms. The highest BCUT2D eigenvalue weighted by Gasteiger charge is 2.22. The van der Waals surface area contributed by atoms with E-state index in [1.54, 1.807) is 31.2 Å². The molecule has 28 heavy (non-hydrogen) atoms. The van der Waals surface area contributed by atoms with Gasteiger partial charge in [-0.2, -0.15) is 0 Å². The van der Waals surface area contributed by atoms with Crippen molar-refractivity contribution in [2.24, 2.45) is 5.92 Å². The lowest BCUT2D eigenvalue weighted by Crippen LogP contribution is -2.23. The normalized spacial score (nSPS) is 12.1. The summed E-state index contributed by atoms with van der Waals surface area (Å²) in [7, 11) is 0. The summed E-state index contributed by atoms with van der Waals surface area (Å²) in [5.41, 5.74) is 2.67. The number of carbonyl (C=O) groups is 1. The van der Waals surface area contributed by atoms with Gasteiger partial charge in [0.1, 0.15) is 11.3 Å². The second-order valence-corrected chi connectivity index (χ2v) is 6.96. The van der Waals surface area contributed by atoms with E-state index in [4.69, 9.17) is 9.15 Å². The summed E-state index contributed by atoms with van der Waals surface area (Å²) in [6, 6.07) is 14.3. The van der Waals surface area contributed by atoms with E-state index in [-0.39, 0.29) is 18.1 Å². The van der Waals surface area contributed by atoms with Crippen molar-refractivity contribution in [2.75, 3.05) is 6.61 Å². The number of phenolic OH excluding ortho intramolecular Hbond substituents is 1. The SMILES string of the molecule is CCOC(=O)C(CCc1ccc(O)cc1)Cc1cc2cc(C)ccc2oc1=O. The first-order valence-electron chi connectivity index (χ1n) is 9.44. The van der Waals surface area contributed by atoms with Crippen LogP contribution < -0.4 is 5.63 Å². The first-order chi connectivity index (χ1) is 13.5. The molecule has 0 saturated carbocycles. The molecular weight excluding hydrogens is 356 g/mol. The lowest BCUT2D eigenvalue weighted by molar-refractivity contribution is -0.148. The molecule has 0 aliphatic heterocycles. The number of aromatic hydroxyl groups is 1. The highest BCUT2D eigenvalue weighted by Crippen LogP contribution is 2.21. The third kappa shape index (κ3) is 4.80. The van der Waals surface area contributed by atoms with Crippen LogP contribution in [0.15, 0.2) is 57.7 Å². The Labute approximate surface area is 163 Å². The molecule has 2 aromatic carbocycles. The van der Waals surface area contributed by atoms with E-state index >= 15 is 0 Å². The topological polar surface area (TPSA) is 76.7 Å². The largest absolute Gasteiger partial charge is 0.508 e. The Hall–Kier alpha value is -3.08. The molecule has 1 atom stereocenters. The van der Waals surface area contributed by atoms with Crippen LogP contribution in [0, 0.1) is 12.8 Å². The van der Waals surface area contributed by atoms with E-state index in [1.807, 2.05) is 31.2 Å². The van der Waals surface area contributed by atoms with Crippen molar-refractivity contribution < 1.29 is 19.1 Å². The zero-order chi connectivity index (χ0) is 20.1. The summed E-state index contributed by atoms with van der Waals surface area (Å²) in [6.45, 7) is 4.03. The molecule has 0 aliphatic carbocycles. The fourth-order valence-electron chi connectivity index (χ4n) is 3.26. The van der Waals surface area contributed by atoms with Crippen molar-refractivity contribution >= 4 is 16.9 Å². The molecule has 3 rings (SSSR count). The molecule has 0 fully saturated rings. The van der Waals surface area contributed by atoms with Crippen molar-refractivity contribution in [1.82, 2.24) is 0 Å². The summed E-state index contributed by atoms with van der Waals surface area (Å²) < 4.78 is 10.6. The maximum atomic E-state index is 12.5. The van der Waals surface area contributed by atoms with Crippen molar-refractivity contribution in [3.63, 3.8) is 0 Å². The highest BCUT2D eigenvalue weighted by molar-refractivity contribution is 5.78. The predicted octanol–water partition coefficient (Wildman–Crippen LogP) is 4.16. The number of esters is 1. The molecule has 5 nitrogen and oxygen atoms in total. The van der Waals surface area contributed by atoms with Crippen LogP contribution in [0.3, 0.4) is 0 Å². The van der Waals surface area contributed by atoms with E-state index in [1.165, 1.54) is 0 Å². The van der Waals surface area contributed by atoms with Gasteiger partial charge in [0.2, 0.25) is 0 Å². The number of phenols is 1. The Morgan fingerprint density at radius 1 is 1.14 bits per heavy atom. The van der Waals surface area contributed by atoms with E-state index in [0.29, 0.717) is 30.6 Å². The first kappa shape index (κ1) is 19.7. The third-order valence-corrected chi connectivity index (χ3v) is 4.76. The fraction of sp³-hybridized carbons (Fsp3) is 0.304.